The van der Waals surface area contributed by atoms with Crippen LogP contribution in [0.2, 0.25) is 0 Å². The van der Waals surface area contributed by atoms with Gasteiger partial charge in [0.15, 0.2) is 12.4 Å². The number of carbonyl (C=O) groups is 2. The van der Waals surface area contributed by atoms with Crippen molar-refractivity contribution in [1.82, 2.24) is 4.98 Å². The number of nitrogens with zero attached hydrogens (tertiary/aromatic N) is 1. The van der Waals surface area contributed by atoms with E-state index in [1.54, 1.807) is 0 Å². The van der Waals surface area contributed by atoms with Gasteiger partial charge in [-0.25, -0.2) is 13.6 Å². The van der Waals surface area contributed by atoms with E-state index in [0.717, 1.165) is 36.6 Å². The Balaban J connectivity index is 1.60. The van der Waals surface area contributed by atoms with Crippen LogP contribution in [0.25, 0.3) is 10.9 Å². The molecule has 1 aliphatic carbocycles. The molecule has 5 nitrogen and oxygen atoms in total. The number of benzene rings is 2. The molecule has 1 atom stereocenters. The first kappa shape index (κ1) is 25.2. The highest BCUT2D eigenvalue weighted by Gasteiger charge is 2.34. The third kappa shape index (κ3) is 5.22. The Labute approximate surface area is 211 Å². The molecular weight excluding hydrogens is 518 g/mol. The predicted molar refractivity (Wildman–Crippen MR) is 134 cm³/mol. The molecule has 1 N–H and O–H groups in total. The van der Waals surface area contributed by atoms with Crippen LogP contribution in [0.5, 0.6) is 0 Å². The average Bonchev–Trinajstić information content (AvgIpc) is 2.82. The van der Waals surface area contributed by atoms with Crippen molar-refractivity contribution in [3.63, 3.8) is 0 Å². The zero-order valence-corrected chi connectivity index (χ0v) is 21.5. The Morgan fingerprint density at radius 2 is 1.97 bits per heavy atom. The first-order valence-electron chi connectivity index (χ1n) is 11.6. The molecule has 0 saturated heterocycles. The van der Waals surface area contributed by atoms with Gasteiger partial charge in [0.1, 0.15) is 5.82 Å². The summed E-state index contributed by atoms with van der Waals surface area (Å²) in [5.74, 6) is -2.69. The van der Waals surface area contributed by atoms with Crippen LogP contribution in [0.3, 0.4) is 0 Å². The zero-order valence-electron chi connectivity index (χ0n) is 19.9. The maximum absolute atomic E-state index is 14.1. The predicted octanol–water partition coefficient (Wildman–Crippen LogP) is 6.61. The molecule has 0 bridgehead atoms. The minimum Gasteiger partial charge on any atom is -0.452 e. The quantitative estimate of drug-likeness (QED) is 0.354. The summed E-state index contributed by atoms with van der Waals surface area (Å²) in [4.78, 5) is 30.6. The van der Waals surface area contributed by atoms with Crippen molar-refractivity contribution in [2.24, 2.45) is 11.3 Å². The number of hydrogen-bond donors (Lipinski definition) is 1. The fraction of sp³-hybridized carbons (Fsp3) is 0.370. The summed E-state index contributed by atoms with van der Waals surface area (Å²) in [5.41, 5.74) is 2.79. The number of esters is 1. The van der Waals surface area contributed by atoms with Crippen LogP contribution in [0.1, 0.15) is 55.2 Å². The minimum atomic E-state index is -0.935. The molecule has 0 aliphatic heterocycles. The number of amides is 1. The summed E-state index contributed by atoms with van der Waals surface area (Å²) in [6, 6.07) is 9.09. The third-order valence-electron chi connectivity index (χ3n) is 7.09. The molecule has 0 saturated carbocycles. The molecule has 184 valence electrons. The summed E-state index contributed by atoms with van der Waals surface area (Å²) in [6.45, 7) is 6.04. The Hall–Kier alpha value is -2.87. The average molecular weight is 545 g/mol. The van der Waals surface area contributed by atoms with E-state index in [0.29, 0.717) is 34.9 Å². The van der Waals surface area contributed by atoms with Crippen molar-refractivity contribution < 1.29 is 23.1 Å². The second kappa shape index (κ2) is 10.0. The number of nitrogens with one attached hydrogen (secondary N) is 1. The lowest BCUT2D eigenvalue weighted by Crippen LogP contribution is -2.31. The third-order valence-corrected chi connectivity index (χ3v) is 7.71. The van der Waals surface area contributed by atoms with Crippen molar-refractivity contribution in [1.29, 1.82) is 0 Å². The molecular formula is C27H27BrF2N2O3. The summed E-state index contributed by atoms with van der Waals surface area (Å²) in [5, 5.41) is 3.01. The van der Waals surface area contributed by atoms with Crippen LogP contribution in [-0.4, -0.2) is 23.5 Å². The molecule has 8 heteroatoms. The number of pyridine rings is 1. The van der Waals surface area contributed by atoms with E-state index in [4.69, 9.17) is 9.72 Å². The van der Waals surface area contributed by atoms with Crippen LogP contribution in [0.4, 0.5) is 14.5 Å². The standard InChI is InChI=1S/C27H27BrF2N2O3/c1-4-27(2,3)15-9-10-22-18(11-15)24(17-7-5-6-8-21(17)31-22)26(34)35-14-23(33)32-25-19(28)12-16(29)13-20(25)30/h5-8,12-13,15H,4,9-11,14H2,1-3H3,(H,32,33). The lowest BCUT2D eigenvalue weighted by atomic mass is 9.68. The van der Waals surface area contributed by atoms with Gasteiger partial charge in [0.05, 0.1) is 16.8 Å². The molecule has 0 fully saturated rings. The van der Waals surface area contributed by atoms with Crippen LogP contribution >= 0.6 is 15.9 Å². The first-order chi connectivity index (χ1) is 16.6. The van der Waals surface area contributed by atoms with Gasteiger partial charge in [0.2, 0.25) is 0 Å². The van der Waals surface area contributed by atoms with Gasteiger partial charge in [0.25, 0.3) is 5.91 Å². The summed E-state index contributed by atoms with van der Waals surface area (Å²) < 4.78 is 32.8. The van der Waals surface area contributed by atoms with E-state index in [9.17, 15) is 18.4 Å². The monoisotopic (exact) mass is 544 g/mol. The van der Waals surface area contributed by atoms with E-state index in [1.165, 1.54) is 0 Å². The molecule has 1 aliphatic rings. The van der Waals surface area contributed by atoms with Crippen molar-refractivity contribution >= 4 is 44.4 Å². The second-order valence-corrected chi connectivity index (χ2v) is 10.4. The number of rotatable bonds is 6. The molecule has 1 amide bonds. The molecule has 0 radical (unpaired) electrons. The number of aromatic nitrogens is 1. The van der Waals surface area contributed by atoms with E-state index in [1.807, 2.05) is 24.3 Å². The lowest BCUT2D eigenvalue weighted by Gasteiger charge is -2.37. The summed E-state index contributed by atoms with van der Waals surface area (Å²) >= 11 is 3.03. The Bertz CT molecular complexity index is 1290. The first-order valence-corrected chi connectivity index (χ1v) is 12.4. The Morgan fingerprint density at radius 3 is 2.69 bits per heavy atom. The van der Waals surface area contributed by atoms with Gasteiger partial charge in [-0.1, -0.05) is 45.4 Å². The minimum absolute atomic E-state index is 0.0495. The number of halogens is 3. The van der Waals surface area contributed by atoms with Gasteiger partial charge in [-0.15, -0.1) is 0 Å². The molecule has 2 aromatic carbocycles. The van der Waals surface area contributed by atoms with E-state index in [-0.39, 0.29) is 15.6 Å². The van der Waals surface area contributed by atoms with Crippen LogP contribution in [-0.2, 0) is 22.4 Å². The van der Waals surface area contributed by atoms with Gasteiger partial charge in [-0.05, 0) is 64.2 Å². The Kier molecular flexibility index (Phi) is 7.22. The van der Waals surface area contributed by atoms with Gasteiger partial charge in [-0.3, -0.25) is 9.78 Å². The number of anilines is 1. The smallest absolute Gasteiger partial charge is 0.339 e. The van der Waals surface area contributed by atoms with Crippen LogP contribution < -0.4 is 5.32 Å². The molecule has 35 heavy (non-hydrogen) atoms. The largest absolute Gasteiger partial charge is 0.452 e. The van der Waals surface area contributed by atoms with Gasteiger partial charge < -0.3 is 10.1 Å². The second-order valence-electron chi connectivity index (χ2n) is 9.58. The van der Waals surface area contributed by atoms with E-state index < -0.39 is 30.1 Å². The molecule has 0 spiro atoms. The molecule has 1 unspecified atom stereocenters. The van der Waals surface area contributed by atoms with Crippen LogP contribution in [0, 0.1) is 23.0 Å². The highest BCUT2D eigenvalue weighted by atomic mass is 79.9. The maximum Gasteiger partial charge on any atom is 0.339 e. The zero-order chi connectivity index (χ0) is 25.3. The molecule has 3 aromatic rings. The number of hydrogen-bond acceptors (Lipinski definition) is 4. The SMILES string of the molecule is CCC(C)(C)C1CCc2nc3ccccc3c(C(=O)OCC(=O)Nc3c(F)cc(F)cc3Br)c2C1. The number of para-hydroxylation sites is 1. The van der Waals surface area contributed by atoms with Gasteiger partial charge in [0, 0.05) is 21.6 Å². The highest BCUT2D eigenvalue weighted by Crippen LogP contribution is 2.41. The summed E-state index contributed by atoms with van der Waals surface area (Å²) in [6.07, 6.45) is 3.49. The number of ether oxygens (including phenoxy) is 1. The van der Waals surface area contributed by atoms with Crippen LogP contribution in [0.15, 0.2) is 40.9 Å². The normalized spacial score (nSPS) is 15.5. The summed E-state index contributed by atoms with van der Waals surface area (Å²) in [7, 11) is 0. The van der Waals surface area contributed by atoms with E-state index >= 15 is 0 Å². The number of fused-ring (bicyclic) bond motifs is 2. The van der Waals surface area contributed by atoms with Gasteiger partial charge >= 0.3 is 5.97 Å². The molecule has 4 rings (SSSR count). The van der Waals surface area contributed by atoms with Gasteiger partial charge in [-0.2, -0.15) is 0 Å². The van der Waals surface area contributed by atoms with Crippen molar-refractivity contribution in [2.45, 2.75) is 46.5 Å². The fourth-order valence-electron chi connectivity index (χ4n) is 4.62. The highest BCUT2D eigenvalue weighted by molar-refractivity contribution is 9.10. The lowest BCUT2D eigenvalue weighted by molar-refractivity contribution is -0.119. The van der Waals surface area contributed by atoms with E-state index in [2.05, 4.69) is 42.0 Å². The molecule has 1 aromatic heterocycles. The Morgan fingerprint density at radius 1 is 1.23 bits per heavy atom. The molecule has 1 heterocycles. The van der Waals surface area contributed by atoms with Crippen molar-refractivity contribution in [3.05, 3.63) is 69.3 Å². The fourth-order valence-corrected chi connectivity index (χ4v) is 5.12. The van der Waals surface area contributed by atoms with Crippen molar-refractivity contribution in [3.8, 4) is 0 Å². The number of carbonyl (C=O) groups excluding carboxylic acids is 2. The number of aryl methyl sites for hydroxylation is 1. The maximum atomic E-state index is 14.1. The topological polar surface area (TPSA) is 68.3 Å². The van der Waals surface area contributed by atoms with Crippen molar-refractivity contribution in [2.75, 3.05) is 11.9 Å².